The Morgan fingerprint density at radius 3 is 2.71 bits per heavy atom. The number of amides is 1. The second-order valence-corrected chi connectivity index (χ2v) is 8.32. The maximum Gasteiger partial charge on any atom is 0.226 e. The molecule has 142 valence electrons. The van der Waals surface area contributed by atoms with Crippen molar-refractivity contribution in [3.63, 3.8) is 0 Å². The van der Waals surface area contributed by atoms with Gasteiger partial charge in [0, 0.05) is 28.8 Å². The van der Waals surface area contributed by atoms with Gasteiger partial charge in [-0.2, -0.15) is 0 Å². The number of benzene rings is 2. The Kier molecular flexibility index (Phi) is 5.09. The van der Waals surface area contributed by atoms with Gasteiger partial charge in [-0.05, 0) is 37.8 Å². The standard InChI is InChI=1S/C23H22N2O2S/c1-14-7-9-17(15(2)13-14)19(26)10-12-21(27)24-23-25-22-18-6-4-3-5-16(18)8-11-20(22)28-23/h3-7,9,13H,8,10-12H2,1-2H3,(H,24,25,27). The zero-order valence-corrected chi connectivity index (χ0v) is 16.9. The molecule has 1 aromatic heterocycles. The third kappa shape index (κ3) is 3.76. The molecular weight excluding hydrogens is 368 g/mol. The third-order valence-corrected chi connectivity index (χ3v) is 6.13. The summed E-state index contributed by atoms with van der Waals surface area (Å²) in [6, 6.07) is 14.0. The number of thiazole rings is 1. The van der Waals surface area contributed by atoms with Crippen molar-refractivity contribution in [3.05, 3.63) is 69.6 Å². The van der Waals surface area contributed by atoms with E-state index in [1.165, 1.54) is 21.8 Å². The summed E-state index contributed by atoms with van der Waals surface area (Å²) in [5, 5.41) is 3.49. The summed E-state index contributed by atoms with van der Waals surface area (Å²) in [5.74, 6) is -0.169. The number of hydrogen-bond acceptors (Lipinski definition) is 4. The van der Waals surface area contributed by atoms with Gasteiger partial charge in [-0.15, -0.1) is 11.3 Å². The first-order valence-electron chi connectivity index (χ1n) is 9.49. The summed E-state index contributed by atoms with van der Waals surface area (Å²) in [6.45, 7) is 3.93. The molecule has 3 aromatic rings. The number of hydrogen-bond donors (Lipinski definition) is 1. The van der Waals surface area contributed by atoms with Crippen molar-refractivity contribution in [3.8, 4) is 11.3 Å². The van der Waals surface area contributed by atoms with Gasteiger partial charge in [-0.1, -0.05) is 48.0 Å². The van der Waals surface area contributed by atoms with Gasteiger partial charge in [0.1, 0.15) is 0 Å². The third-order valence-electron chi connectivity index (χ3n) is 5.10. The van der Waals surface area contributed by atoms with Crippen LogP contribution in [0.3, 0.4) is 0 Å². The van der Waals surface area contributed by atoms with Gasteiger partial charge in [0.15, 0.2) is 10.9 Å². The van der Waals surface area contributed by atoms with Crippen LogP contribution in [0.5, 0.6) is 0 Å². The number of nitrogens with one attached hydrogen (secondary N) is 1. The number of carbonyl (C=O) groups excluding carboxylic acids is 2. The van der Waals surface area contributed by atoms with Crippen molar-refractivity contribution in [1.82, 2.24) is 4.98 Å². The Labute approximate surface area is 168 Å². The molecule has 5 heteroatoms. The van der Waals surface area contributed by atoms with E-state index >= 15 is 0 Å². The number of rotatable bonds is 5. The van der Waals surface area contributed by atoms with Crippen LogP contribution in [0.1, 0.15) is 44.8 Å². The van der Waals surface area contributed by atoms with E-state index in [2.05, 4.69) is 22.4 Å². The zero-order chi connectivity index (χ0) is 19.7. The summed E-state index contributed by atoms with van der Waals surface area (Å²) in [7, 11) is 0. The van der Waals surface area contributed by atoms with Crippen molar-refractivity contribution >= 4 is 28.2 Å². The lowest BCUT2D eigenvalue weighted by atomic mass is 9.94. The SMILES string of the molecule is Cc1ccc(C(=O)CCC(=O)Nc2nc3c(s2)CCc2ccccc2-3)c(C)c1. The molecule has 0 aliphatic heterocycles. The highest BCUT2D eigenvalue weighted by Gasteiger charge is 2.21. The van der Waals surface area contributed by atoms with Gasteiger partial charge in [0.25, 0.3) is 0 Å². The predicted octanol–water partition coefficient (Wildman–Crippen LogP) is 5.13. The summed E-state index contributed by atoms with van der Waals surface area (Å²) in [5.41, 5.74) is 6.22. The van der Waals surface area contributed by atoms with E-state index in [9.17, 15) is 9.59 Å². The fourth-order valence-electron chi connectivity index (χ4n) is 3.67. The van der Waals surface area contributed by atoms with Crippen LogP contribution in [0.4, 0.5) is 5.13 Å². The van der Waals surface area contributed by atoms with Crippen LogP contribution in [0.25, 0.3) is 11.3 Å². The quantitative estimate of drug-likeness (QED) is 0.615. The Hall–Kier alpha value is -2.79. The molecule has 0 radical (unpaired) electrons. The lowest BCUT2D eigenvalue weighted by Crippen LogP contribution is -2.13. The van der Waals surface area contributed by atoms with Crippen molar-refractivity contribution < 1.29 is 9.59 Å². The van der Waals surface area contributed by atoms with Crippen LogP contribution in [0, 0.1) is 13.8 Å². The molecule has 2 aromatic carbocycles. The second kappa shape index (κ2) is 7.68. The number of ketones is 1. The number of aryl methyl sites for hydroxylation is 4. The smallest absolute Gasteiger partial charge is 0.226 e. The van der Waals surface area contributed by atoms with Gasteiger partial charge in [-0.3, -0.25) is 9.59 Å². The minimum Gasteiger partial charge on any atom is -0.302 e. The van der Waals surface area contributed by atoms with Crippen molar-refractivity contribution in [1.29, 1.82) is 0 Å². The van der Waals surface area contributed by atoms with Crippen LogP contribution in [-0.4, -0.2) is 16.7 Å². The summed E-state index contributed by atoms with van der Waals surface area (Å²) in [4.78, 5) is 30.6. The first-order chi connectivity index (χ1) is 13.5. The molecule has 1 heterocycles. The molecule has 0 saturated heterocycles. The van der Waals surface area contributed by atoms with Gasteiger partial charge < -0.3 is 5.32 Å². The average Bonchev–Trinajstić information content (AvgIpc) is 3.09. The number of fused-ring (bicyclic) bond motifs is 3. The molecule has 1 aliphatic carbocycles. The first kappa shape index (κ1) is 18.6. The molecule has 1 N–H and O–H groups in total. The second-order valence-electron chi connectivity index (χ2n) is 7.24. The molecule has 0 spiro atoms. The molecule has 0 unspecified atom stereocenters. The maximum atomic E-state index is 12.4. The normalized spacial score (nSPS) is 12.2. The van der Waals surface area contributed by atoms with E-state index in [0.717, 1.165) is 35.2 Å². The van der Waals surface area contributed by atoms with Crippen molar-refractivity contribution in [2.75, 3.05) is 5.32 Å². The number of carbonyl (C=O) groups is 2. The minimum absolute atomic E-state index is 0.00000980. The zero-order valence-electron chi connectivity index (χ0n) is 16.0. The van der Waals surface area contributed by atoms with Crippen LogP contribution in [0.15, 0.2) is 42.5 Å². The molecule has 28 heavy (non-hydrogen) atoms. The molecule has 0 saturated carbocycles. The largest absolute Gasteiger partial charge is 0.302 e. The summed E-state index contributed by atoms with van der Waals surface area (Å²) in [6.07, 6.45) is 2.31. The van der Waals surface area contributed by atoms with Gasteiger partial charge in [0.2, 0.25) is 5.91 Å². The fraction of sp³-hybridized carbons (Fsp3) is 0.261. The average molecular weight is 391 g/mol. The number of nitrogens with zero attached hydrogens (tertiary/aromatic N) is 1. The van der Waals surface area contributed by atoms with Gasteiger partial charge >= 0.3 is 0 Å². The fourth-order valence-corrected chi connectivity index (χ4v) is 4.66. The Balaban J connectivity index is 1.40. The topological polar surface area (TPSA) is 59.1 Å². The number of Topliss-reactive ketones (excluding diaryl/α,β-unsaturated/α-hetero) is 1. The molecule has 1 aliphatic rings. The Morgan fingerprint density at radius 2 is 1.89 bits per heavy atom. The molecule has 4 nitrogen and oxygen atoms in total. The minimum atomic E-state index is -0.169. The molecule has 0 fully saturated rings. The van der Waals surface area contributed by atoms with E-state index in [-0.39, 0.29) is 24.5 Å². The highest BCUT2D eigenvalue weighted by molar-refractivity contribution is 7.16. The Morgan fingerprint density at radius 1 is 1.07 bits per heavy atom. The first-order valence-corrected chi connectivity index (χ1v) is 10.3. The molecular formula is C23H22N2O2S. The molecule has 1 amide bonds. The predicted molar refractivity (Wildman–Crippen MR) is 113 cm³/mol. The summed E-state index contributed by atoms with van der Waals surface area (Å²) >= 11 is 1.53. The molecule has 4 rings (SSSR count). The molecule has 0 bridgehead atoms. The van der Waals surface area contributed by atoms with E-state index in [1.807, 2.05) is 44.2 Å². The highest BCUT2D eigenvalue weighted by atomic mass is 32.1. The number of anilines is 1. The van der Waals surface area contributed by atoms with Gasteiger partial charge in [0.05, 0.1) is 5.69 Å². The van der Waals surface area contributed by atoms with Gasteiger partial charge in [-0.25, -0.2) is 4.98 Å². The van der Waals surface area contributed by atoms with Crippen LogP contribution >= 0.6 is 11.3 Å². The van der Waals surface area contributed by atoms with Crippen molar-refractivity contribution in [2.45, 2.75) is 39.5 Å². The maximum absolute atomic E-state index is 12.4. The van der Waals surface area contributed by atoms with Crippen LogP contribution in [-0.2, 0) is 17.6 Å². The summed E-state index contributed by atoms with van der Waals surface area (Å²) < 4.78 is 0. The Bertz CT molecular complexity index is 1070. The molecule has 0 atom stereocenters. The van der Waals surface area contributed by atoms with Crippen molar-refractivity contribution in [2.24, 2.45) is 0 Å². The van der Waals surface area contributed by atoms with E-state index < -0.39 is 0 Å². The lowest BCUT2D eigenvalue weighted by Gasteiger charge is -2.13. The van der Waals surface area contributed by atoms with E-state index in [0.29, 0.717) is 10.7 Å². The lowest BCUT2D eigenvalue weighted by molar-refractivity contribution is -0.116. The van der Waals surface area contributed by atoms with E-state index in [4.69, 9.17) is 0 Å². The number of aromatic nitrogens is 1. The monoisotopic (exact) mass is 390 g/mol. The van der Waals surface area contributed by atoms with Crippen LogP contribution < -0.4 is 5.32 Å². The van der Waals surface area contributed by atoms with E-state index in [1.54, 1.807) is 0 Å². The highest BCUT2D eigenvalue weighted by Crippen LogP contribution is 2.37. The van der Waals surface area contributed by atoms with Crippen LogP contribution in [0.2, 0.25) is 0 Å².